The Kier molecular flexibility index (Phi) is 8.75. The van der Waals surface area contributed by atoms with Gasteiger partial charge in [0.15, 0.2) is 5.75 Å². The Bertz CT molecular complexity index is 1610. The molecule has 14 heteroatoms. The highest BCUT2D eigenvalue weighted by Crippen LogP contribution is 2.37. The Morgan fingerprint density at radius 3 is 2.39 bits per heavy atom. The molecule has 3 atom stereocenters. The molecule has 0 radical (unpaired) electrons. The summed E-state index contributed by atoms with van der Waals surface area (Å²) in [6.07, 6.45) is 1.21. The van der Waals surface area contributed by atoms with Gasteiger partial charge in [-0.05, 0) is 45.0 Å². The number of halogens is 4. The van der Waals surface area contributed by atoms with Crippen molar-refractivity contribution in [1.29, 1.82) is 0 Å². The monoisotopic (exact) mass is 615 g/mol. The summed E-state index contributed by atoms with van der Waals surface area (Å²) in [5.74, 6) is -0.560. The van der Waals surface area contributed by atoms with Crippen LogP contribution in [0, 0.1) is 5.82 Å². The molecule has 3 aromatic rings. The molecule has 2 aromatic heterocycles. The number of nitrogens with one attached hydrogen (secondary N) is 3. The summed E-state index contributed by atoms with van der Waals surface area (Å²) in [6, 6.07) is 3.06. The Morgan fingerprint density at radius 1 is 1.11 bits per heavy atom. The predicted octanol–water partition coefficient (Wildman–Crippen LogP) is 4.23. The molecule has 0 saturated carbocycles. The lowest BCUT2D eigenvalue weighted by Gasteiger charge is -2.44. The molecule has 0 spiro atoms. The van der Waals surface area contributed by atoms with Crippen LogP contribution in [0.2, 0.25) is 0 Å². The SMILES string of the molecule is COc1cnc(C2CC=C(c3cc(NC(=O)c4c[nH]c(=O)cc4C(F)(F)F)c(N4C[C@@H](C)N(C)[C@@H](C)C4)cc3F)CN2)nc1. The number of likely N-dealkylation sites (N-methyl/N-ethyl adjacent to an activating group) is 1. The van der Waals surface area contributed by atoms with Crippen LogP contribution in [0.3, 0.4) is 0 Å². The highest BCUT2D eigenvalue weighted by atomic mass is 19.4. The predicted molar refractivity (Wildman–Crippen MR) is 157 cm³/mol. The number of nitrogens with zero attached hydrogens (tertiary/aromatic N) is 4. The van der Waals surface area contributed by atoms with Crippen LogP contribution in [0.4, 0.5) is 28.9 Å². The molecule has 1 fully saturated rings. The number of amides is 1. The zero-order chi connectivity index (χ0) is 31.8. The summed E-state index contributed by atoms with van der Waals surface area (Å²) in [4.78, 5) is 39.8. The number of aromatic nitrogens is 3. The van der Waals surface area contributed by atoms with Crippen molar-refractivity contribution in [1.82, 2.24) is 25.2 Å². The Labute approximate surface area is 251 Å². The molecule has 5 rings (SSSR count). The van der Waals surface area contributed by atoms with Crippen LogP contribution in [-0.2, 0) is 6.18 Å². The highest BCUT2D eigenvalue weighted by molar-refractivity contribution is 6.07. The van der Waals surface area contributed by atoms with Gasteiger partial charge in [-0.1, -0.05) is 6.08 Å². The fraction of sp³-hybridized carbons (Fsp3) is 0.400. The number of rotatable bonds is 6. The van der Waals surface area contributed by atoms with Crippen molar-refractivity contribution in [2.24, 2.45) is 0 Å². The van der Waals surface area contributed by atoms with Gasteiger partial charge in [0, 0.05) is 49.5 Å². The second-order valence-corrected chi connectivity index (χ2v) is 11.1. The maximum atomic E-state index is 15.8. The minimum Gasteiger partial charge on any atom is -0.494 e. The standard InChI is InChI=1S/C30H33F4N7O3/c1-16-14-41(15-17(2)40(16)3)26-9-23(31)20(18-5-6-24(35-10-18)28-37-11-19(44-4)12-38-28)7-25(26)39-29(43)21-13-36-27(42)8-22(21)30(32,33)34/h5,7-9,11-13,16-17,24,35H,6,10,14-15H2,1-4H3,(H,36,42)(H,39,43)/t16-,17+,24?. The maximum absolute atomic E-state index is 15.8. The van der Waals surface area contributed by atoms with E-state index in [4.69, 9.17) is 4.74 Å². The van der Waals surface area contributed by atoms with Gasteiger partial charge in [0.25, 0.3) is 5.91 Å². The van der Waals surface area contributed by atoms with Gasteiger partial charge in [-0.3, -0.25) is 14.5 Å². The number of carbonyl (C=O) groups excluding carboxylic acids is 1. The molecule has 1 amide bonds. The molecule has 2 aliphatic rings. The third-order valence-corrected chi connectivity index (χ3v) is 8.19. The molecule has 1 saturated heterocycles. The number of benzene rings is 1. The first-order chi connectivity index (χ1) is 20.8. The van der Waals surface area contributed by atoms with E-state index in [2.05, 4.69) is 30.5 Å². The summed E-state index contributed by atoms with van der Waals surface area (Å²) < 4.78 is 62.2. The van der Waals surface area contributed by atoms with Crippen molar-refractivity contribution in [3.8, 4) is 5.75 Å². The van der Waals surface area contributed by atoms with Crippen LogP contribution in [0.25, 0.3) is 5.57 Å². The van der Waals surface area contributed by atoms with Gasteiger partial charge in [0.1, 0.15) is 11.6 Å². The van der Waals surface area contributed by atoms with E-state index in [0.29, 0.717) is 48.4 Å². The number of alkyl halides is 3. The van der Waals surface area contributed by atoms with Crippen LogP contribution >= 0.6 is 0 Å². The van der Waals surface area contributed by atoms with Gasteiger partial charge < -0.3 is 25.3 Å². The van der Waals surface area contributed by atoms with Gasteiger partial charge in [0.2, 0.25) is 5.56 Å². The van der Waals surface area contributed by atoms with Crippen molar-refractivity contribution in [2.75, 3.05) is 44.0 Å². The topological polar surface area (TPSA) is 115 Å². The van der Waals surface area contributed by atoms with E-state index < -0.39 is 34.6 Å². The smallest absolute Gasteiger partial charge is 0.417 e. The van der Waals surface area contributed by atoms with Crippen molar-refractivity contribution in [2.45, 2.75) is 44.6 Å². The molecule has 4 heterocycles. The van der Waals surface area contributed by atoms with Crippen molar-refractivity contribution < 1.29 is 27.1 Å². The first kappa shape index (κ1) is 31.1. The quantitative estimate of drug-likeness (QED) is 0.353. The molecular formula is C30H33F4N7O3. The number of piperazine rings is 1. The number of H-pyrrole nitrogens is 1. The van der Waals surface area contributed by atoms with Gasteiger partial charge in [-0.2, -0.15) is 13.2 Å². The first-order valence-electron chi connectivity index (χ1n) is 14.1. The third-order valence-electron chi connectivity index (χ3n) is 8.19. The molecule has 44 heavy (non-hydrogen) atoms. The molecule has 0 bridgehead atoms. The summed E-state index contributed by atoms with van der Waals surface area (Å²) in [5.41, 5.74) is -1.82. The highest BCUT2D eigenvalue weighted by Gasteiger charge is 2.36. The minimum atomic E-state index is -4.94. The number of aromatic amines is 1. The van der Waals surface area contributed by atoms with E-state index >= 15 is 4.39 Å². The van der Waals surface area contributed by atoms with Crippen molar-refractivity contribution >= 4 is 22.9 Å². The average Bonchev–Trinajstić information content (AvgIpc) is 3.00. The molecule has 3 N–H and O–H groups in total. The van der Waals surface area contributed by atoms with Crippen molar-refractivity contribution in [3.05, 3.63) is 81.6 Å². The van der Waals surface area contributed by atoms with Crippen LogP contribution in [0.5, 0.6) is 5.75 Å². The molecule has 234 valence electrons. The van der Waals surface area contributed by atoms with Gasteiger partial charge in [-0.25, -0.2) is 14.4 Å². The lowest BCUT2D eigenvalue weighted by Crippen LogP contribution is -2.55. The van der Waals surface area contributed by atoms with E-state index in [0.717, 1.165) is 6.20 Å². The van der Waals surface area contributed by atoms with Crippen molar-refractivity contribution in [3.63, 3.8) is 0 Å². The Morgan fingerprint density at radius 2 is 1.80 bits per heavy atom. The first-order valence-corrected chi connectivity index (χ1v) is 14.1. The van der Waals surface area contributed by atoms with Gasteiger partial charge in [-0.15, -0.1) is 0 Å². The van der Waals surface area contributed by atoms with E-state index in [-0.39, 0.29) is 35.9 Å². The van der Waals surface area contributed by atoms with E-state index in [1.54, 1.807) is 12.4 Å². The average molecular weight is 616 g/mol. The summed E-state index contributed by atoms with van der Waals surface area (Å²) >= 11 is 0. The Balaban J connectivity index is 1.51. The number of methoxy groups -OCH3 is 1. The molecule has 1 unspecified atom stereocenters. The number of ether oxygens (including phenoxy) is 1. The second-order valence-electron chi connectivity index (χ2n) is 11.1. The largest absolute Gasteiger partial charge is 0.494 e. The lowest BCUT2D eigenvalue weighted by atomic mass is 9.96. The molecule has 1 aromatic carbocycles. The maximum Gasteiger partial charge on any atom is 0.417 e. The fourth-order valence-corrected chi connectivity index (χ4v) is 5.52. The molecule has 10 nitrogen and oxygen atoms in total. The zero-order valence-electron chi connectivity index (χ0n) is 24.6. The number of pyridine rings is 1. The number of carbonyl (C=O) groups is 1. The van der Waals surface area contributed by atoms with E-state index in [1.807, 2.05) is 31.9 Å². The Hall–Kier alpha value is -4.30. The van der Waals surface area contributed by atoms with Crippen LogP contribution in [0.15, 0.2) is 47.7 Å². The number of anilines is 2. The van der Waals surface area contributed by atoms with E-state index in [9.17, 15) is 22.8 Å². The fourth-order valence-electron chi connectivity index (χ4n) is 5.52. The summed E-state index contributed by atoms with van der Waals surface area (Å²) in [7, 11) is 3.50. The minimum absolute atomic E-state index is 0.0865. The number of hydrogen-bond acceptors (Lipinski definition) is 8. The third kappa shape index (κ3) is 6.45. The van der Waals surface area contributed by atoms with Crippen LogP contribution in [-0.4, -0.2) is 71.6 Å². The molecule has 0 aliphatic carbocycles. The van der Waals surface area contributed by atoms with Gasteiger partial charge >= 0.3 is 6.18 Å². The van der Waals surface area contributed by atoms with Crippen LogP contribution in [0.1, 0.15) is 53.6 Å². The summed E-state index contributed by atoms with van der Waals surface area (Å²) in [6.45, 7) is 5.29. The molecular weight excluding hydrogens is 582 g/mol. The summed E-state index contributed by atoms with van der Waals surface area (Å²) in [5, 5.41) is 5.88. The van der Waals surface area contributed by atoms with Crippen LogP contribution < -0.4 is 25.8 Å². The zero-order valence-corrected chi connectivity index (χ0v) is 24.6. The van der Waals surface area contributed by atoms with Gasteiger partial charge in [0.05, 0.1) is 48.0 Å². The normalized spacial score (nSPS) is 21.1. The second kappa shape index (κ2) is 12.4. The van der Waals surface area contributed by atoms with E-state index in [1.165, 1.54) is 19.2 Å². The molecule has 2 aliphatic heterocycles. The number of hydrogen-bond donors (Lipinski definition) is 3. The lowest BCUT2D eigenvalue weighted by molar-refractivity contribution is -0.138.